The van der Waals surface area contributed by atoms with Gasteiger partial charge in [0.1, 0.15) is 18.3 Å². The number of anilines is 1. The van der Waals surface area contributed by atoms with E-state index in [9.17, 15) is 18.0 Å². The first-order valence-electron chi connectivity index (χ1n) is 12.5. The second kappa shape index (κ2) is 13.0. The summed E-state index contributed by atoms with van der Waals surface area (Å²) < 4.78 is 33.8. The predicted octanol–water partition coefficient (Wildman–Crippen LogP) is 4.79. The average Bonchev–Trinajstić information content (AvgIpc) is 2.91. The maximum Gasteiger partial charge on any atom is 0.264 e. The number of hydrogen-bond donors (Lipinski definition) is 1. The summed E-state index contributed by atoms with van der Waals surface area (Å²) in [6.07, 6.45) is 0. The molecule has 0 spiro atoms. The van der Waals surface area contributed by atoms with Crippen molar-refractivity contribution in [1.29, 1.82) is 0 Å². The van der Waals surface area contributed by atoms with Crippen LogP contribution in [-0.4, -0.2) is 50.9 Å². The SMILES string of the molecule is COc1ccc(CN(C(=O)CN(c2ccc(C)c(Cl)c2)S(=O)(=O)c2ccccc2)C(C)C(=O)NC(C)C)cc1. The van der Waals surface area contributed by atoms with Crippen molar-refractivity contribution >= 4 is 39.1 Å². The van der Waals surface area contributed by atoms with Crippen LogP contribution in [0.4, 0.5) is 5.69 Å². The van der Waals surface area contributed by atoms with E-state index in [0.717, 1.165) is 15.4 Å². The van der Waals surface area contributed by atoms with Gasteiger partial charge < -0.3 is 15.0 Å². The summed E-state index contributed by atoms with van der Waals surface area (Å²) in [4.78, 5) is 28.3. The third kappa shape index (κ3) is 7.52. The molecule has 0 heterocycles. The molecule has 0 bridgehead atoms. The topological polar surface area (TPSA) is 96.0 Å². The minimum Gasteiger partial charge on any atom is -0.497 e. The van der Waals surface area contributed by atoms with Gasteiger partial charge in [0.25, 0.3) is 10.0 Å². The molecule has 0 fully saturated rings. The number of nitrogens with zero attached hydrogens (tertiary/aromatic N) is 2. The molecule has 2 amide bonds. The number of sulfonamides is 1. The van der Waals surface area contributed by atoms with Crippen molar-refractivity contribution < 1.29 is 22.7 Å². The molecular weight excluding hydrogens is 538 g/mol. The van der Waals surface area contributed by atoms with Crippen LogP contribution in [0, 0.1) is 6.92 Å². The maximum atomic E-state index is 13.9. The summed E-state index contributed by atoms with van der Waals surface area (Å²) in [5.41, 5.74) is 1.76. The first-order valence-corrected chi connectivity index (χ1v) is 14.3. The van der Waals surface area contributed by atoms with Crippen LogP contribution >= 0.6 is 11.6 Å². The molecule has 3 aromatic rings. The van der Waals surface area contributed by atoms with Crippen LogP contribution in [0.5, 0.6) is 5.75 Å². The molecule has 0 aliphatic heterocycles. The number of carbonyl (C=O) groups excluding carboxylic acids is 2. The molecule has 1 atom stereocenters. The first kappa shape index (κ1) is 30.0. The molecule has 208 valence electrons. The number of ether oxygens (including phenoxy) is 1. The van der Waals surface area contributed by atoms with E-state index < -0.39 is 28.5 Å². The Hall–Kier alpha value is -3.56. The van der Waals surface area contributed by atoms with Crippen molar-refractivity contribution in [3.8, 4) is 5.75 Å². The molecule has 39 heavy (non-hydrogen) atoms. The Kier molecular flexibility index (Phi) is 9.99. The van der Waals surface area contributed by atoms with Gasteiger partial charge in [-0.15, -0.1) is 0 Å². The van der Waals surface area contributed by atoms with Gasteiger partial charge in [0.05, 0.1) is 17.7 Å². The summed E-state index contributed by atoms with van der Waals surface area (Å²) in [5, 5.41) is 3.20. The molecule has 0 radical (unpaired) electrons. The fraction of sp³-hybridized carbons (Fsp3) is 0.310. The van der Waals surface area contributed by atoms with Gasteiger partial charge in [-0.25, -0.2) is 8.42 Å². The van der Waals surface area contributed by atoms with Crippen molar-refractivity contribution in [1.82, 2.24) is 10.2 Å². The zero-order valence-corrected chi connectivity index (χ0v) is 24.3. The Morgan fingerprint density at radius 1 is 0.974 bits per heavy atom. The second-order valence-corrected chi connectivity index (χ2v) is 11.7. The van der Waals surface area contributed by atoms with E-state index in [2.05, 4.69) is 5.32 Å². The molecule has 3 rings (SSSR count). The third-order valence-electron chi connectivity index (χ3n) is 6.16. The number of hydrogen-bond acceptors (Lipinski definition) is 5. The smallest absolute Gasteiger partial charge is 0.264 e. The van der Waals surface area contributed by atoms with Gasteiger partial charge in [0.15, 0.2) is 0 Å². The van der Waals surface area contributed by atoms with Crippen molar-refractivity contribution in [2.45, 2.75) is 51.2 Å². The fourth-order valence-corrected chi connectivity index (χ4v) is 5.50. The van der Waals surface area contributed by atoms with Crippen molar-refractivity contribution in [3.63, 3.8) is 0 Å². The van der Waals surface area contributed by atoms with Crippen LogP contribution in [0.15, 0.2) is 77.7 Å². The van der Waals surface area contributed by atoms with Crippen LogP contribution in [0.25, 0.3) is 0 Å². The quantitative estimate of drug-likeness (QED) is 0.357. The Balaban J connectivity index is 2.03. The monoisotopic (exact) mass is 571 g/mol. The highest BCUT2D eigenvalue weighted by molar-refractivity contribution is 7.92. The van der Waals surface area contributed by atoms with E-state index in [1.165, 1.54) is 23.1 Å². The highest BCUT2D eigenvalue weighted by Crippen LogP contribution is 2.28. The molecule has 1 unspecified atom stereocenters. The largest absolute Gasteiger partial charge is 0.497 e. The standard InChI is InChI=1S/C29H34ClN3O5S/c1-20(2)31-29(35)22(4)32(18-23-12-15-25(38-5)16-13-23)28(34)19-33(24-14-11-21(3)27(30)17-24)39(36,37)26-9-7-6-8-10-26/h6-17,20,22H,18-19H2,1-5H3,(H,31,35). The van der Waals surface area contributed by atoms with Crippen LogP contribution < -0.4 is 14.4 Å². The number of benzene rings is 3. The number of amides is 2. The van der Waals surface area contributed by atoms with Crippen molar-refractivity contribution in [3.05, 3.63) is 88.9 Å². The van der Waals surface area contributed by atoms with E-state index in [0.29, 0.717) is 10.8 Å². The number of nitrogens with one attached hydrogen (secondary N) is 1. The molecule has 0 saturated carbocycles. The highest BCUT2D eigenvalue weighted by atomic mass is 35.5. The molecule has 0 saturated heterocycles. The van der Waals surface area contributed by atoms with E-state index >= 15 is 0 Å². The summed E-state index contributed by atoms with van der Waals surface area (Å²) in [7, 11) is -2.59. The Labute approximate surface area is 235 Å². The number of rotatable bonds is 11. The molecule has 0 aromatic heterocycles. The minimum absolute atomic E-state index is 0.0294. The van der Waals surface area contributed by atoms with E-state index in [1.54, 1.807) is 75.6 Å². The Morgan fingerprint density at radius 3 is 2.18 bits per heavy atom. The molecular formula is C29H34ClN3O5S. The summed E-state index contributed by atoms with van der Waals surface area (Å²) in [6, 6.07) is 18.8. The van der Waals surface area contributed by atoms with E-state index in [4.69, 9.17) is 16.3 Å². The average molecular weight is 572 g/mol. The van der Waals surface area contributed by atoms with Gasteiger partial charge in [-0.05, 0) is 75.2 Å². The third-order valence-corrected chi connectivity index (χ3v) is 8.36. The summed E-state index contributed by atoms with van der Waals surface area (Å²) in [6.45, 7) is 6.64. The van der Waals surface area contributed by atoms with Crippen LogP contribution in [-0.2, 0) is 26.2 Å². The number of methoxy groups -OCH3 is 1. The van der Waals surface area contributed by atoms with Gasteiger partial charge in [-0.1, -0.05) is 48.0 Å². The van der Waals surface area contributed by atoms with Gasteiger partial charge in [0, 0.05) is 17.6 Å². The Morgan fingerprint density at radius 2 is 1.62 bits per heavy atom. The molecule has 0 aliphatic rings. The summed E-state index contributed by atoms with van der Waals surface area (Å²) >= 11 is 6.35. The summed E-state index contributed by atoms with van der Waals surface area (Å²) in [5.74, 6) is -0.241. The lowest BCUT2D eigenvalue weighted by atomic mass is 10.1. The minimum atomic E-state index is -4.15. The van der Waals surface area contributed by atoms with Crippen LogP contribution in [0.1, 0.15) is 31.9 Å². The molecule has 1 N–H and O–H groups in total. The molecule has 0 aliphatic carbocycles. The van der Waals surface area contributed by atoms with E-state index in [-0.39, 0.29) is 29.1 Å². The Bertz CT molecular complexity index is 1400. The lowest BCUT2D eigenvalue weighted by Crippen LogP contribution is -2.52. The van der Waals surface area contributed by atoms with Crippen LogP contribution in [0.3, 0.4) is 0 Å². The zero-order chi connectivity index (χ0) is 28.7. The second-order valence-electron chi connectivity index (χ2n) is 9.47. The van der Waals surface area contributed by atoms with Gasteiger partial charge >= 0.3 is 0 Å². The lowest BCUT2D eigenvalue weighted by molar-refractivity contribution is -0.139. The zero-order valence-electron chi connectivity index (χ0n) is 22.7. The highest BCUT2D eigenvalue weighted by Gasteiger charge is 2.32. The van der Waals surface area contributed by atoms with Crippen molar-refractivity contribution in [2.24, 2.45) is 0 Å². The fourth-order valence-electron chi connectivity index (χ4n) is 3.90. The van der Waals surface area contributed by atoms with E-state index in [1.807, 2.05) is 13.8 Å². The van der Waals surface area contributed by atoms with Gasteiger partial charge in [-0.3, -0.25) is 13.9 Å². The lowest BCUT2D eigenvalue weighted by Gasteiger charge is -2.32. The van der Waals surface area contributed by atoms with Gasteiger partial charge in [0.2, 0.25) is 11.8 Å². The maximum absolute atomic E-state index is 13.9. The van der Waals surface area contributed by atoms with Crippen LogP contribution in [0.2, 0.25) is 5.02 Å². The predicted molar refractivity (Wildman–Crippen MR) is 153 cm³/mol. The normalized spacial score (nSPS) is 12.1. The number of halogens is 1. The molecule has 10 heteroatoms. The van der Waals surface area contributed by atoms with Gasteiger partial charge in [-0.2, -0.15) is 0 Å². The van der Waals surface area contributed by atoms with Crippen molar-refractivity contribution in [2.75, 3.05) is 18.0 Å². The molecule has 3 aromatic carbocycles. The first-order chi connectivity index (χ1) is 18.4. The number of aryl methyl sites for hydroxylation is 1. The number of carbonyl (C=O) groups is 2. The molecule has 8 nitrogen and oxygen atoms in total.